The Labute approximate surface area is 126 Å². The molecule has 0 N–H and O–H groups in total. The topological polar surface area (TPSA) is 63.9 Å². The molecule has 0 aliphatic carbocycles. The Morgan fingerprint density at radius 2 is 2.38 bits per heavy atom. The van der Waals surface area contributed by atoms with Crippen molar-refractivity contribution in [3.05, 3.63) is 23.5 Å². The van der Waals surface area contributed by atoms with E-state index >= 15 is 0 Å². The van der Waals surface area contributed by atoms with E-state index in [9.17, 15) is 9.59 Å². The molecule has 0 aromatic carbocycles. The Hall–Kier alpha value is -1.89. The maximum atomic E-state index is 12.4. The number of amides is 1. The third-order valence-electron chi connectivity index (χ3n) is 3.61. The molecule has 1 unspecified atom stereocenters. The predicted octanol–water partition coefficient (Wildman–Crippen LogP) is 1.49. The first-order chi connectivity index (χ1) is 10.2. The highest BCUT2D eigenvalue weighted by atomic mass is 32.1. The highest BCUT2D eigenvalue weighted by Crippen LogP contribution is 2.20. The van der Waals surface area contributed by atoms with E-state index in [-0.39, 0.29) is 18.3 Å². The highest BCUT2D eigenvalue weighted by Gasteiger charge is 2.35. The second-order valence-corrected chi connectivity index (χ2v) is 5.87. The summed E-state index contributed by atoms with van der Waals surface area (Å²) in [6.45, 7) is 2.73. The largest absolute Gasteiger partial charge is 0.464 e. The summed E-state index contributed by atoms with van der Waals surface area (Å²) >= 11 is 1.53. The quantitative estimate of drug-likeness (QED) is 0.803. The van der Waals surface area contributed by atoms with E-state index in [4.69, 9.17) is 4.74 Å². The van der Waals surface area contributed by atoms with E-state index in [2.05, 4.69) is 4.98 Å². The lowest BCUT2D eigenvalue weighted by Crippen LogP contribution is -2.42. The molecule has 2 aromatic rings. The van der Waals surface area contributed by atoms with E-state index in [1.165, 1.54) is 11.3 Å². The number of likely N-dealkylation sites (tertiary alicyclic amines) is 1. The molecule has 2 aromatic heterocycles. The minimum atomic E-state index is -0.429. The first-order valence-electron chi connectivity index (χ1n) is 7.06. The van der Waals surface area contributed by atoms with Crippen LogP contribution >= 0.6 is 11.3 Å². The molecule has 3 heterocycles. The number of fused-ring (bicyclic) bond motifs is 1. The number of rotatable bonds is 4. The van der Waals surface area contributed by atoms with Crippen LogP contribution in [0.1, 0.15) is 25.5 Å². The third kappa shape index (κ3) is 2.78. The van der Waals surface area contributed by atoms with Gasteiger partial charge >= 0.3 is 5.97 Å². The van der Waals surface area contributed by atoms with E-state index in [0.717, 1.165) is 17.1 Å². The Bertz CT molecular complexity index is 635. The van der Waals surface area contributed by atoms with Crippen LogP contribution in [0, 0.1) is 0 Å². The first-order valence-corrected chi connectivity index (χ1v) is 7.94. The lowest BCUT2D eigenvalue weighted by Gasteiger charge is -2.22. The van der Waals surface area contributed by atoms with Crippen molar-refractivity contribution in [2.24, 2.45) is 0 Å². The van der Waals surface area contributed by atoms with Gasteiger partial charge in [-0.05, 0) is 19.8 Å². The maximum Gasteiger partial charge on any atom is 0.328 e. The van der Waals surface area contributed by atoms with Gasteiger partial charge in [-0.15, -0.1) is 11.3 Å². The zero-order chi connectivity index (χ0) is 14.8. The maximum absolute atomic E-state index is 12.4. The molecule has 3 rings (SSSR count). The van der Waals surface area contributed by atoms with Gasteiger partial charge in [0.1, 0.15) is 6.04 Å². The van der Waals surface area contributed by atoms with Crippen molar-refractivity contribution in [3.63, 3.8) is 0 Å². The second kappa shape index (κ2) is 5.85. The minimum Gasteiger partial charge on any atom is -0.464 e. The molecular formula is C14H17N3O3S. The van der Waals surface area contributed by atoms with E-state index < -0.39 is 6.04 Å². The summed E-state index contributed by atoms with van der Waals surface area (Å²) in [6, 6.07) is -0.429. The molecule has 0 spiro atoms. The number of esters is 1. The molecule has 1 fully saturated rings. The molecule has 0 radical (unpaired) electrons. The van der Waals surface area contributed by atoms with Gasteiger partial charge in [-0.25, -0.2) is 9.78 Å². The van der Waals surface area contributed by atoms with Gasteiger partial charge in [-0.3, -0.25) is 9.20 Å². The normalized spacial score (nSPS) is 18.3. The number of carbonyl (C=O) groups excluding carboxylic acids is 2. The van der Waals surface area contributed by atoms with Gasteiger partial charge in [-0.2, -0.15) is 0 Å². The molecular weight excluding hydrogens is 290 g/mol. The molecule has 1 aliphatic rings. The van der Waals surface area contributed by atoms with Crippen LogP contribution in [-0.4, -0.2) is 45.4 Å². The Morgan fingerprint density at radius 3 is 3.14 bits per heavy atom. The number of hydrogen-bond acceptors (Lipinski definition) is 5. The molecule has 0 bridgehead atoms. The number of hydrogen-bond donors (Lipinski definition) is 0. The number of aromatic nitrogens is 2. The predicted molar refractivity (Wildman–Crippen MR) is 78.1 cm³/mol. The average Bonchev–Trinajstić information content (AvgIpc) is 3.13. The van der Waals surface area contributed by atoms with Crippen LogP contribution in [0.4, 0.5) is 0 Å². The van der Waals surface area contributed by atoms with Crippen molar-refractivity contribution in [2.45, 2.75) is 32.2 Å². The summed E-state index contributed by atoms with van der Waals surface area (Å²) < 4.78 is 6.94. The summed E-state index contributed by atoms with van der Waals surface area (Å²) in [5.74, 6) is -0.356. The van der Waals surface area contributed by atoms with Gasteiger partial charge in [0, 0.05) is 24.3 Å². The van der Waals surface area contributed by atoms with Gasteiger partial charge in [-0.1, -0.05) is 0 Å². The number of nitrogens with zero attached hydrogens (tertiary/aromatic N) is 3. The van der Waals surface area contributed by atoms with Crippen LogP contribution in [0.25, 0.3) is 4.96 Å². The summed E-state index contributed by atoms with van der Waals surface area (Å²) in [4.78, 5) is 31.2. The monoisotopic (exact) mass is 307 g/mol. The van der Waals surface area contributed by atoms with Crippen molar-refractivity contribution in [2.75, 3.05) is 13.2 Å². The highest BCUT2D eigenvalue weighted by molar-refractivity contribution is 7.15. The van der Waals surface area contributed by atoms with E-state index in [1.807, 2.05) is 22.2 Å². The van der Waals surface area contributed by atoms with Crippen LogP contribution in [-0.2, 0) is 20.7 Å². The average molecular weight is 307 g/mol. The Balaban J connectivity index is 1.69. The van der Waals surface area contributed by atoms with Gasteiger partial charge in [0.25, 0.3) is 0 Å². The fourth-order valence-corrected chi connectivity index (χ4v) is 3.39. The van der Waals surface area contributed by atoms with Crippen LogP contribution in [0.15, 0.2) is 17.8 Å². The summed E-state index contributed by atoms with van der Waals surface area (Å²) in [7, 11) is 0. The standard InChI is InChI=1S/C14H17N3O3S/c1-2-20-13(19)11-4-3-5-17(11)12(18)8-10-9-16-6-7-21-14(16)15-10/h6-7,9,11H,2-5,8H2,1H3. The molecule has 1 aliphatic heterocycles. The van der Waals surface area contributed by atoms with E-state index in [0.29, 0.717) is 19.6 Å². The minimum absolute atomic E-state index is 0.0590. The molecule has 1 saturated heterocycles. The molecule has 21 heavy (non-hydrogen) atoms. The Kier molecular flexibility index (Phi) is 3.92. The third-order valence-corrected chi connectivity index (χ3v) is 4.38. The smallest absolute Gasteiger partial charge is 0.328 e. The first kappa shape index (κ1) is 14.1. The summed E-state index contributed by atoms with van der Waals surface area (Å²) in [5.41, 5.74) is 0.737. The molecule has 1 amide bonds. The molecule has 7 heteroatoms. The van der Waals surface area contributed by atoms with Crippen molar-refractivity contribution < 1.29 is 14.3 Å². The lowest BCUT2D eigenvalue weighted by molar-refractivity contribution is -0.152. The molecule has 112 valence electrons. The van der Waals surface area contributed by atoms with Crippen LogP contribution < -0.4 is 0 Å². The Morgan fingerprint density at radius 1 is 1.52 bits per heavy atom. The van der Waals surface area contributed by atoms with Crippen molar-refractivity contribution in [1.82, 2.24) is 14.3 Å². The van der Waals surface area contributed by atoms with E-state index in [1.54, 1.807) is 11.8 Å². The van der Waals surface area contributed by atoms with Crippen LogP contribution in [0.5, 0.6) is 0 Å². The number of carbonyl (C=O) groups is 2. The van der Waals surface area contributed by atoms with Gasteiger partial charge in [0.05, 0.1) is 18.7 Å². The van der Waals surface area contributed by atoms with Gasteiger partial charge in [0.2, 0.25) is 5.91 Å². The molecule has 0 saturated carbocycles. The van der Waals surface area contributed by atoms with Crippen molar-refractivity contribution in [3.8, 4) is 0 Å². The second-order valence-electron chi connectivity index (χ2n) is 5.00. The number of imidazole rings is 1. The molecule has 6 nitrogen and oxygen atoms in total. The lowest BCUT2D eigenvalue weighted by atomic mass is 10.2. The number of ether oxygens (including phenoxy) is 1. The SMILES string of the molecule is CCOC(=O)C1CCCN1C(=O)Cc1cn2ccsc2n1. The summed E-state index contributed by atoms with van der Waals surface area (Å²) in [6.07, 6.45) is 5.53. The van der Waals surface area contributed by atoms with Gasteiger partial charge < -0.3 is 9.64 Å². The van der Waals surface area contributed by atoms with Crippen molar-refractivity contribution >= 4 is 28.2 Å². The van der Waals surface area contributed by atoms with Crippen molar-refractivity contribution in [1.29, 1.82) is 0 Å². The van der Waals surface area contributed by atoms with Crippen LogP contribution in [0.2, 0.25) is 0 Å². The fraction of sp³-hybridized carbons (Fsp3) is 0.500. The number of thiazole rings is 1. The van der Waals surface area contributed by atoms with Crippen LogP contribution in [0.3, 0.4) is 0 Å². The zero-order valence-electron chi connectivity index (χ0n) is 11.8. The zero-order valence-corrected chi connectivity index (χ0v) is 12.6. The van der Waals surface area contributed by atoms with Gasteiger partial charge in [0.15, 0.2) is 4.96 Å². The fourth-order valence-electron chi connectivity index (χ4n) is 2.67. The summed E-state index contributed by atoms with van der Waals surface area (Å²) in [5, 5.41) is 1.95. The molecule has 1 atom stereocenters.